The van der Waals surface area contributed by atoms with E-state index >= 15 is 0 Å². The Balaban J connectivity index is 0.00000106. The topological polar surface area (TPSA) is 6.48 Å². The van der Waals surface area contributed by atoms with Crippen molar-refractivity contribution >= 4 is 0 Å². The fourth-order valence-corrected chi connectivity index (χ4v) is 4.08. The second kappa shape index (κ2) is 10.6. The normalized spacial score (nSPS) is 28.3. The first-order valence-corrected chi connectivity index (χ1v) is 9.69. The largest absolute Gasteiger partial charge is 0.303 e. The van der Waals surface area contributed by atoms with E-state index in [1.165, 1.54) is 71.2 Å². The van der Waals surface area contributed by atoms with Crippen molar-refractivity contribution in [3.05, 3.63) is 0 Å². The minimum absolute atomic E-state index is 0.859. The molecule has 2 rings (SSSR count). The molecule has 0 aromatic carbocycles. The average molecular weight is 297 g/mol. The minimum Gasteiger partial charge on any atom is -0.303 e. The summed E-state index contributed by atoms with van der Waals surface area (Å²) in [7, 11) is 0. The number of nitrogens with zero attached hydrogens (tertiary/aromatic N) is 2. The zero-order chi connectivity index (χ0) is 15.7. The van der Waals surface area contributed by atoms with E-state index in [0.29, 0.717) is 0 Å². The summed E-state index contributed by atoms with van der Waals surface area (Å²) in [5, 5.41) is 0. The van der Waals surface area contributed by atoms with Crippen LogP contribution in [-0.2, 0) is 0 Å². The molecule has 0 bridgehead atoms. The van der Waals surface area contributed by atoms with Gasteiger partial charge < -0.3 is 9.80 Å². The van der Waals surface area contributed by atoms with Gasteiger partial charge in [0, 0.05) is 12.6 Å². The van der Waals surface area contributed by atoms with Crippen molar-refractivity contribution in [2.24, 2.45) is 11.8 Å². The minimum atomic E-state index is 0.859. The van der Waals surface area contributed by atoms with Gasteiger partial charge in [0.2, 0.25) is 0 Å². The fourth-order valence-electron chi connectivity index (χ4n) is 4.08. The van der Waals surface area contributed by atoms with Crippen molar-refractivity contribution in [1.82, 2.24) is 9.80 Å². The Kier molecular flexibility index (Phi) is 9.59. The monoisotopic (exact) mass is 296 g/mol. The second-order valence-corrected chi connectivity index (χ2v) is 6.88. The highest BCUT2D eigenvalue weighted by Crippen LogP contribution is 2.29. The summed E-state index contributed by atoms with van der Waals surface area (Å²) >= 11 is 0. The second-order valence-electron chi connectivity index (χ2n) is 6.88. The van der Waals surface area contributed by atoms with Crippen LogP contribution in [-0.4, -0.2) is 48.6 Å². The van der Waals surface area contributed by atoms with Crippen LogP contribution in [0.4, 0.5) is 0 Å². The van der Waals surface area contributed by atoms with Crippen molar-refractivity contribution < 1.29 is 0 Å². The molecule has 0 aromatic heterocycles. The van der Waals surface area contributed by atoms with Crippen LogP contribution in [0.5, 0.6) is 0 Å². The van der Waals surface area contributed by atoms with Crippen molar-refractivity contribution in [1.29, 1.82) is 0 Å². The maximum atomic E-state index is 2.75. The van der Waals surface area contributed by atoms with Gasteiger partial charge in [-0.25, -0.2) is 0 Å². The highest BCUT2D eigenvalue weighted by atomic mass is 15.2. The Morgan fingerprint density at radius 3 is 1.86 bits per heavy atom. The molecule has 0 aromatic rings. The van der Waals surface area contributed by atoms with E-state index in [1.54, 1.807) is 0 Å². The number of likely N-dealkylation sites (tertiary alicyclic amines) is 1. The Hall–Kier alpha value is -0.0800. The van der Waals surface area contributed by atoms with Gasteiger partial charge >= 0.3 is 0 Å². The van der Waals surface area contributed by atoms with Gasteiger partial charge in [-0.2, -0.15) is 0 Å². The standard InChI is InChI=1S/C17H34N2.C2H6/c1-4-19(5-2)17-10-12-18(13-11-17)14-16-8-6-15(3)7-9-16;1-2/h15-17H,4-14H2,1-3H3;1-2H3. The van der Waals surface area contributed by atoms with Crippen LogP contribution in [0.1, 0.15) is 73.1 Å². The van der Waals surface area contributed by atoms with Gasteiger partial charge in [-0.05, 0) is 63.7 Å². The third kappa shape index (κ3) is 6.28. The molecule has 1 saturated carbocycles. The molecule has 1 saturated heterocycles. The molecule has 0 amide bonds. The third-order valence-electron chi connectivity index (χ3n) is 5.54. The highest BCUT2D eigenvalue weighted by Gasteiger charge is 2.25. The number of rotatable bonds is 5. The van der Waals surface area contributed by atoms with Crippen LogP contribution in [0.3, 0.4) is 0 Å². The molecular weight excluding hydrogens is 256 g/mol. The van der Waals surface area contributed by atoms with Gasteiger partial charge in [0.1, 0.15) is 0 Å². The first-order chi connectivity index (χ1) is 10.2. The van der Waals surface area contributed by atoms with Crippen LogP contribution in [0.15, 0.2) is 0 Å². The zero-order valence-corrected chi connectivity index (χ0v) is 15.4. The van der Waals surface area contributed by atoms with Crippen LogP contribution >= 0.6 is 0 Å². The molecule has 2 nitrogen and oxygen atoms in total. The van der Waals surface area contributed by atoms with E-state index in [9.17, 15) is 0 Å². The lowest BCUT2D eigenvalue weighted by Crippen LogP contribution is -2.46. The van der Waals surface area contributed by atoms with E-state index < -0.39 is 0 Å². The fraction of sp³-hybridized carbons (Fsp3) is 1.00. The van der Waals surface area contributed by atoms with E-state index in [1.807, 2.05) is 13.8 Å². The summed E-state index contributed by atoms with van der Waals surface area (Å²) in [4.78, 5) is 5.40. The predicted molar refractivity (Wildman–Crippen MR) is 94.9 cm³/mol. The van der Waals surface area contributed by atoms with Gasteiger partial charge in [0.15, 0.2) is 0 Å². The Bertz CT molecular complexity index is 234. The summed E-state index contributed by atoms with van der Waals surface area (Å²) in [6, 6.07) is 0.859. The third-order valence-corrected chi connectivity index (χ3v) is 5.54. The first-order valence-electron chi connectivity index (χ1n) is 9.69. The van der Waals surface area contributed by atoms with Gasteiger partial charge in [-0.1, -0.05) is 47.5 Å². The molecule has 2 aliphatic rings. The van der Waals surface area contributed by atoms with Crippen molar-refractivity contribution in [2.75, 3.05) is 32.7 Å². The molecule has 1 aliphatic carbocycles. The maximum absolute atomic E-state index is 2.75. The van der Waals surface area contributed by atoms with Crippen LogP contribution < -0.4 is 0 Å². The smallest absolute Gasteiger partial charge is 0.0119 e. The molecule has 0 N–H and O–H groups in total. The van der Waals surface area contributed by atoms with E-state index in [4.69, 9.17) is 0 Å². The first kappa shape index (κ1) is 19.0. The quantitative estimate of drug-likeness (QED) is 0.729. The van der Waals surface area contributed by atoms with Gasteiger partial charge in [0.25, 0.3) is 0 Å². The Labute approximate surface area is 134 Å². The molecular formula is C19H40N2. The average Bonchev–Trinajstić information content (AvgIpc) is 2.54. The lowest BCUT2D eigenvalue weighted by Gasteiger charge is -2.39. The van der Waals surface area contributed by atoms with Crippen molar-refractivity contribution in [3.8, 4) is 0 Å². The molecule has 1 heterocycles. The molecule has 0 spiro atoms. The summed E-state index contributed by atoms with van der Waals surface area (Å²) in [5.74, 6) is 1.99. The molecule has 21 heavy (non-hydrogen) atoms. The summed E-state index contributed by atoms with van der Waals surface area (Å²) < 4.78 is 0. The molecule has 0 unspecified atom stereocenters. The summed E-state index contributed by atoms with van der Waals surface area (Å²) in [6.45, 7) is 17.5. The molecule has 0 atom stereocenters. The lowest BCUT2D eigenvalue weighted by molar-refractivity contribution is 0.0973. The van der Waals surface area contributed by atoms with Crippen molar-refractivity contribution in [3.63, 3.8) is 0 Å². The number of piperidine rings is 1. The molecule has 2 fully saturated rings. The highest BCUT2D eigenvalue weighted by molar-refractivity contribution is 4.81. The van der Waals surface area contributed by atoms with Crippen LogP contribution in [0.2, 0.25) is 0 Å². The lowest BCUT2D eigenvalue weighted by atomic mass is 9.82. The molecule has 0 radical (unpaired) electrons. The van der Waals surface area contributed by atoms with E-state index in [2.05, 4.69) is 30.6 Å². The number of hydrogen-bond donors (Lipinski definition) is 0. The van der Waals surface area contributed by atoms with Gasteiger partial charge in [-0.3, -0.25) is 0 Å². The zero-order valence-electron chi connectivity index (χ0n) is 15.4. The molecule has 2 heteroatoms. The van der Waals surface area contributed by atoms with E-state index in [0.717, 1.165) is 17.9 Å². The molecule has 1 aliphatic heterocycles. The Morgan fingerprint density at radius 1 is 0.857 bits per heavy atom. The van der Waals surface area contributed by atoms with Crippen molar-refractivity contribution in [2.45, 2.75) is 79.2 Å². The maximum Gasteiger partial charge on any atom is 0.0119 e. The Morgan fingerprint density at radius 2 is 1.38 bits per heavy atom. The SMILES string of the molecule is CC.CCN(CC)C1CCN(CC2CCC(C)CC2)CC1. The van der Waals surface area contributed by atoms with E-state index in [-0.39, 0.29) is 0 Å². The van der Waals surface area contributed by atoms with Gasteiger partial charge in [0.05, 0.1) is 0 Å². The predicted octanol–water partition coefficient (Wildman–Crippen LogP) is 4.65. The van der Waals surface area contributed by atoms with Crippen LogP contribution in [0.25, 0.3) is 0 Å². The molecule has 126 valence electrons. The van der Waals surface area contributed by atoms with Crippen LogP contribution in [0, 0.1) is 11.8 Å². The summed E-state index contributed by atoms with van der Waals surface area (Å²) in [5.41, 5.74) is 0. The summed E-state index contributed by atoms with van der Waals surface area (Å²) in [6.07, 6.45) is 8.70. The number of hydrogen-bond acceptors (Lipinski definition) is 2. The van der Waals surface area contributed by atoms with Gasteiger partial charge in [-0.15, -0.1) is 0 Å².